The van der Waals surface area contributed by atoms with Crippen LogP contribution in [0, 0.1) is 17.7 Å². The van der Waals surface area contributed by atoms with Crippen LogP contribution in [-0.2, 0) is 0 Å². The van der Waals surface area contributed by atoms with Gasteiger partial charge in [0.25, 0.3) is 0 Å². The van der Waals surface area contributed by atoms with Gasteiger partial charge in [-0.1, -0.05) is 43.5 Å². The van der Waals surface area contributed by atoms with Crippen molar-refractivity contribution in [3.8, 4) is 0 Å². The third kappa shape index (κ3) is 2.80. The van der Waals surface area contributed by atoms with Gasteiger partial charge in [0.15, 0.2) is 0 Å². The van der Waals surface area contributed by atoms with Gasteiger partial charge in [0.05, 0.1) is 11.1 Å². The average Bonchev–Trinajstić information content (AvgIpc) is 2.32. The molecule has 1 saturated carbocycles. The summed E-state index contributed by atoms with van der Waals surface area (Å²) in [6.45, 7) is 2.19. The van der Waals surface area contributed by atoms with E-state index in [1.165, 1.54) is 12.5 Å². The molecule has 94 valence electrons. The Hall–Kier alpha value is -0.600. The van der Waals surface area contributed by atoms with E-state index in [4.69, 9.17) is 11.6 Å². The van der Waals surface area contributed by atoms with Gasteiger partial charge < -0.3 is 5.11 Å². The van der Waals surface area contributed by atoms with Gasteiger partial charge in [0, 0.05) is 5.56 Å². The standard InChI is InChI=1S/C14H18ClFO/c1-9-4-2-5-10(8-9)14(17)11-6-3-7-12(15)13(11)16/h3,6-7,9-10,14,17H,2,4-5,8H2,1H3. The van der Waals surface area contributed by atoms with Crippen LogP contribution >= 0.6 is 11.6 Å². The maximum atomic E-state index is 13.8. The minimum Gasteiger partial charge on any atom is -0.388 e. The van der Waals surface area contributed by atoms with Gasteiger partial charge in [-0.25, -0.2) is 4.39 Å². The highest BCUT2D eigenvalue weighted by Gasteiger charge is 2.28. The van der Waals surface area contributed by atoms with Crippen molar-refractivity contribution in [2.24, 2.45) is 11.8 Å². The van der Waals surface area contributed by atoms with E-state index in [9.17, 15) is 9.50 Å². The molecule has 0 aliphatic heterocycles. The van der Waals surface area contributed by atoms with Gasteiger partial charge in [0.1, 0.15) is 5.82 Å². The molecular formula is C14H18ClFO. The fraction of sp³-hybridized carbons (Fsp3) is 0.571. The topological polar surface area (TPSA) is 20.2 Å². The zero-order valence-electron chi connectivity index (χ0n) is 10.00. The van der Waals surface area contributed by atoms with E-state index in [2.05, 4.69) is 6.92 Å². The summed E-state index contributed by atoms with van der Waals surface area (Å²) in [4.78, 5) is 0. The quantitative estimate of drug-likeness (QED) is 0.835. The van der Waals surface area contributed by atoms with Crippen molar-refractivity contribution in [3.05, 3.63) is 34.6 Å². The van der Waals surface area contributed by atoms with Crippen LogP contribution in [0.4, 0.5) is 4.39 Å². The van der Waals surface area contributed by atoms with Gasteiger partial charge in [-0.3, -0.25) is 0 Å². The Balaban J connectivity index is 2.18. The fourth-order valence-electron chi connectivity index (χ4n) is 2.77. The number of rotatable bonds is 2. The molecule has 1 aromatic rings. The summed E-state index contributed by atoms with van der Waals surface area (Å²) in [5.41, 5.74) is 0.344. The first-order valence-electron chi connectivity index (χ1n) is 6.21. The van der Waals surface area contributed by atoms with Crippen molar-refractivity contribution in [2.75, 3.05) is 0 Å². The van der Waals surface area contributed by atoms with E-state index in [0.29, 0.717) is 11.5 Å². The van der Waals surface area contributed by atoms with Crippen molar-refractivity contribution in [1.82, 2.24) is 0 Å². The van der Waals surface area contributed by atoms with Crippen LogP contribution in [0.3, 0.4) is 0 Å². The van der Waals surface area contributed by atoms with Gasteiger partial charge in [-0.05, 0) is 30.7 Å². The summed E-state index contributed by atoms with van der Waals surface area (Å²) < 4.78 is 13.8. The Morgan fingerprint density at radius 1 is 1.41 bits per heavy atom. The zero-order valence-corrected chi connectivity index (χ0v) is 10.8. The number of hydrogen-bond acceptors (Lipinski definition) is 1. The summed E-state index contributed by atoms with van der Waals surface area (Å²) in [5.74, 6) is 0.303. The molecule has 0 aromatic heterocycles. The lowest BCUT2D eigenvalue weighted by Crippen LogP contribution is -2.21. The monoisotopic (exact) mass is 256 g/mol. The van der Waals surface area contributed by atoms with Crippen LogP contribution in [0.15, 0.2) is 18.2 Å². The molecule has 1 aliphatic carbocycles. The van der Waals surface area contributed by atoms with E-state index in [-0.39, 0.29) is 10.9 Å². The molecular weight excluding hydrogens is 239 g/mol. The SMILES string of the molecule is CC1CCCC(C(O)c2cccc(Cl)c2F)C1. The number of benzene rings is 1. The summed E-state index contributed by atoms with van der Waals surface area (Å²) >= 11 is 5.74. The maximum Gasteiger partial charge on any atom is 0.147 e. The maximum absolute atomic E-state index is 13.8. The normalized spacial score (nSPS) is 26.8. The Bertz CT molecular complexity index is 394. The van der Waals surface area contributed by atoms with Gasteiger partial charge in [0.2, 0.25) is 0 Å². The highest BCUT2D eigenvalue weighted by molar-refractivity contribution is 6.30. The van der Waals surface area contributed by atoms with E-state index >= 15 is 0 Å². The first-order chi connectivity index (χ1) is 8.09. The molecule has 0 bridgehead atoms. The summed E-state index contributed by atoms with van der Waals surface area (Å²) in [6, 6.07) is 4.83. The Morgan fingerprint density at radius 3 is 2.88 bits per heavy atom. The lowest BCUT2D eigenvalue weighted by atomic mass is 9.78. The van der Waals surface area contributed by atoms with E-state index in [1.54, 1.807) is 12.1 Å². The van der Waals surface area contributed by atoms with Crippen LogP contribution in [0.2, 0.25) is 5.02 Å². The molecule has 0 radical (unpaired) electrons. The second kappa shape index (κ2) is 5.36. The molecule has 0 saturated heterocycles. The Morgan fingerprint density at radius 2 is 2.18 bits per heavy atom. The first kappa shape index (κ1) is 12.8. The van der Waals surface area contributed by atoms with Crippen molar-refractivity contribution < 1.29 is 9.50 Å². The van der Waals surface area contributed by atoms with Gasteiger partial charge in [-0.15, -0.1) is 0 Å². The van der Waals surface area contributed by atoms with Crippen LogP contribution in [0.25, 0.3) is 0 Å². The first-order valence-corrected chi connectivity index (χ1v) is 6.59. The molecule has 3 unspecified atom stereocenters. The molecule has 1 nitrogen and oxygen atoms in total. The second-order valence-corrected chi connectivity index (χ2v) is 5.53. The number of halogens is 2. The van der Waals surface area contributed by atoms with Crippen molar-refractivity contribution in [2.45, 2.75) is 38.7 Å². The van der Waals surface area contributed by atoms with Crippen LogP contribution in [-0.4, -0.2) is 5.11 Å². The number of aliphatic hydroxyl groups excluding tert-OH is 1. The molecule has 1 aliphatic rings. The minimum atomic E-state index is -0.726. The molecule has 3 heteroatoms. The van der Waals surface area contributed by atoms with Crippen molar-refractivity contribution >= 4 is 11.6 Å². The largest absolute Gasteiger partial charge is 0.388 e. The van der Waals surface area contributed by atoms with Crippen molar-refractivity contribution in [3.63, 3.8) is 0 Å². The second-order valence-electron chi connectivity index (χ2n) is 5.12. The molecule has 1 fully saturated rings. The number of hydrogen-bond donors (Lipinski definition) is 1. The highest BCUT2D eigenvalue weighted by atomic mass is 35.5. The molecule has 1 N–H and O–H groups in total. The van der Waals surface area contributed by atoms with Crippen LogP contribution < -0.4 is 0 Å². The van der Waals surface area contributed by atoms with E-state index in [1.807, 2.05) is 0 Å². The summed E-state index contributed by atoms with van der Waals surface area (Å²) in [6.07, 6.45) is 3.54. The van der Waals surface area contributed by atoms with E-state index < -0.39 is 11.9 Å². The number of aliphatic hydroxyl groups is 1. The Kier molecular flexibility index (Phi) is 4.05. The van der Waals surface area contributed by atoms with E-state index in [0.717, 1.165) is 19.3 Å². The molecule has 0 amide bonds. The predicted molar refractivity (Wildman–Crippen MR) is 67.5 cm³/mol. The lowest BCUT2D eigenvalue weighted by molar-refractivity contribution is 0.0685. The van der Waals surface area contributed by atoms with Crippen LogP contribution in [0.1, 0.15) is 44.3 Å². The van der Waals surface area contributed by atoms with Gasteiger partial charge >= 0.3 is 0 Å². The Labute approximate surface area is 107 Å². The summed E-state index contributed by atoms with van der Waals surface area (Å²) in [5, 5.41) is 10.4. The van der Waals surface area contributed by atoms with Crippen LogP contribution in [0.5, 0.6) is 0 Å². The molecule has 0 heterocycles. The summed E-state index contributed by atoms with van der Waals surface area (Å²) in [7, 11) is 0. The minimum absolute atomic E-state index is 0.0883. The highest BCUT2D eigenvalue weighted by Crippen LogP contribution is 2.38. The molecule has 1 aromatic carbocycles. The molecule has 2 rings (SSSR count). The third-order valence-electron chi connectivity index (χ3n) is 3.72. The third-order valence-corrected chi connectivity index (χ3v) is 4.02. The molecule has 17 heavy (non-hydrogen) atoms. The zero-order chi connectivity index (χ0) is 12.4. The average molecular weight is 257 g/mol. The molecule has 3 atom stereocenters. The lowest BCUT2D eigenvalue weighted by Gasteiger charge is -2.30. The molecule has 0 spiro atoms. The van der Waals surface area contributed by atoms with Crippen molar-refractivity contribution in [1.29, 1.82) is 0 Å². The fourth-order valence-corrected chi connectivity index (χ4v) is 2.95. The smallest absolute Gasteiger partial charge is 0.147 e. The predicted octanol–water partition coefficient (Wildman–Crippen LogP) is 4.34. The van der Waals surface area contributed by atoms with Gasteiger partial charge in [-0.2, -0.15) is 0 Å².